The molecule has 1 aromatic rings. The largest absolute Gasteiger partial charge is 0.349 e. The number of piperazine rings is 1. The molecule has 5 nitrogen and oxygen atoms in total. The van der Waals surface area contributed by atoms with Crippen LogP contribution in [0, 0.1) is 0 Å². The van der Waals surface area contributed by atoms with Crippen LogP contribution in [0.1, 0.15) is 20.8 Å². The van der Waals surface area contributed by atoms with Crippen LogP contribution in [0.25, 0.3) is 0 Å². The van der Waals surface area contributed by atoms with E-state index in [0.29, 0.717) is 0 Å². The zero-order chi connectivity index (χ0) is 14.5. The summed E-state index contributed by atoms with van der Waals surface area (Å²) >= 11 is 0. The van der Waals surface area contributed by atoms with Crippen molar-refractivity contribution in [1.82, 2.24) is 5.32 Å². The molecule has 2 heterocycles. The molecular formula is C15H26N4O+2. The number of carbonyl (C=O) groups is 1. The molecule has 0 bridgehead atoms. The van der Waals surface area contributed by atoms with Gasteiger partial charge in [0.05, 0.1) is 6.20 Å². The lowest BCUT2D eigenvalue weighted by molar-refractivity contribution is -0.914. The molecule has 0 radical (unpaired) electrons. The molecule has 1 aromatic heterocycles. The van der Waals surface area contributed by atoms with Gasteiger partial charge in [-0.05, 0) is 26.8 Å². The lowest BCUT2D eigenvalue weighted by atomic mass is 10.2. The van der Waals surface area contributed by atoms with Crippen LogP contribution in [0.5, 0.6) is 0 Å². The van der Waals surface area contributed by atoms with E-state index in [4.69, 9.17) is 0 Å². The molecule has 20 heavy (non-hydrogen) atoms. The van der Waals surface area contributed by atoms with E-state index in [2.05, 4.69) is 21.3 Å². The third-order valence-corrected chi connectivity index (χ3v) is 3.88. The highest BCUT2D eigenvalue weighted by Crippen LogP contribution is 2.04. The lowest BCUT2D eigenvalue weighted by Gasteiger charge is -2.31. The minimum atomic E-state index is 0.0271. The van der Waals surface area contributed by atoms with Crippen LogP contribution in [-0.2, 0) is 4.79 Å². The van der Waals surface area contributed by atoms with Crippen LogP contribution < -0.4 is 20.1 Å². The number of nitrogens with zero attached hydrogens (tertiary/aromatic N) is 1. The number of H-pyrrole nitrogens is 1. The fourth-order valence-electron chi connectivity index (χ4n) is 2.64. The minimum Gasteiger partial charge on any atom is -0.349 e. The summed E-state index contributed by atoms with van der Waals surface area (Å²) < 4.78 is 0. The van der Waals surface area contributed by atoms with Crippen molar-refractivity contribution in [3.63, 3.8) is 0 Å². The van der Waals surface area contributed by atoms with Gasteiger partial charge >= 0.3 is 0 Å². The van der Waals surface area contributed by atoms with E-state index >= 15 is 0 Å². The molecule has 0 spiro atoms. The first-order valence-electron chi connectivity index (χ1n) is 7.44. The molecule has 110 valence electrons. The van der Waals surface area contributed by atoms with Crippen molar-refractivity contribution in [3.05, 3.63) is 24.4 Å². The first-order chi connectivity index (χ1) is 9.58. The number of pyridine rings is 1. The Hall–Kier alpha value is -1.62. The number of aromatic nitrogens is 1. The zero-order valence-electron chi connectivity index (χ0n) is 12.6. The SMILES string of the molecule is CC(C)NC(=O)[C@H](C)[NH+]1CCN(c2cccc[nH+]2)CC1. The molecule has 1 aliphatic heterocycles. The van der Waals surface area contributed by atoms with E-state index in [0.717, 1.165) is 32.0 Å². The molecule has 0 aromatic carbocycles. The Labute approximate surface area is 121 Å². The van der Waals surface area contributed by atoms with Crippen molar-refractivity contribution < 1.29 is 14.7 Å². The van der Waals surface area contributed by atoms with Crippen molar-refractivity contribution in [2.75, 3.05) is 31.1 Å². The summed E-state index contributed by atoms with van der Waals surface area (Å²) in [6, 6.07) is 6.37. The van der Waals surface area contributed by atoms with Crippen LogP contribution in [-0.4, -0.2) is 44.2 Å². The first-order valence-corrected chi connectivity index (χ1v) is 7.44. The van der Waals surface area contributed by atoms with Gasteiger partial charge in [-0.25, -0.2) is 4.98 Å². The van der Waals surface area contributed by atoms with Crippen LogP contribution in [0.4, 0.5) is 5.82 Å². The highest BCUT2D eigenvalue weighted by Gasteiger charge is 2.32. The summed E-state index contributed by atoms with van der Waals surface area (Å²) in [5.41, 5.74) is 0. The smallest absolute Gasteiger partial charge is 0.278 e. The molecule has 1 amide bonds. The standard InChI is InChI=1S/C15H24N4O/c1-12(2)17-15(20)13(3)18-8-10-19(11-9-18)14-6-4-5-7-16-14/h4-7,12-13H,8-11H2,1-3H3,(H,17,20)/p+2/t13-/m0/s1. The van der Waals surface area contributed by atoms with E-state index in [-0.39, 0.29) is 18.0 Å². The van der Waals surface area contributed by atoms with E-state index in [1.165, 1.54) is 4.90 Å². The number of rotatable bonds is 4. The number of hydrogen-bond donors (Lipinski definition) is 2. The quantitative estimate of drug-likeness (QED) is 0.751. The second kappa shape index (κ2) is 6.70. The van der Waals surface area contributed by atoms with Crippen molar-refractivity contribution in [2.24, 2.45) is 0 Å². The Morgan fingerprint density at radius 3 is 2.55 bits per heavy atom. The van der Waals surface area contributed by atoms with Gasteiger partial charge in [0.1, 0.15) is 26.2 Å². The van der Waals surface area contributed by atoms with Gasteiger partial charge in [0.25, 0.3) is 11.7 Å². The highest BCUT2D eigenvalue weighted by molar-refractivity contribution is 5.80. The highest BCUT2D eigenvalue weighted by atomic mass is 16.2. The topological polar surface area (TPSA) is 50.9 Å². The first kappa shape index (κ1) is 14.8. The van der Waals surface area contributed by atoms with Crippen LogP contribution in [0.3, 0.4) is 0 Å². The average molecular weight is 278 g/mol. The Bertz CT molecular complexity index is 427. The van der Waals surface area contributed by atoms with Crippen LogP contribution in [0.2, 0.25) is 0 Å². The molecular weight excluding hydrogens is 252 g/mol. The minimum absolute atomic E-state index is 0.0271. The number of amides is 1. The summed E-state index contributed by atoms with van der Waals surface area (Å²) in [5, 5.41) is 3.00. The molecule has 2 rings (SSSR count). The summed E-state index contributed by atoms with van der Waals surface area (Å²) in [6.07, 6.45) is 1.95. The van der Waals surface area contributed by atoms with E-state index in [1.807, 2.05) is 39.1 Å². The molecule has 1 fully saturated rings. The van der Waals surface area contributed by atoms with Gasteiger partial charge in [0, 0.05) is 12.1 Å². The maximum Gasteiger partial charge on any atom is 0.278 e. The van der Waals surface area contributed by atoms with Crippen molar-refractivity contribution in [1.29, 1.82) is 0 Å². The third-order valence-electron chi connectivity index (χ3n) is 3.88. The number of nitrogens with one attached hydrogen (secondary N) is 3. The number of carbonyl (C=O) groups excluding carboxylic acids is 1. The summed E-state index contributed by atoms with van der Waals surface area (Å²) in [7, 11) is 0. The maximum absolute atomic E-state index is 12.1. The maximum atomic E-state index is 12.1. The molecule has 1 aliphatic rings. The third kappa shape index (κ3) is 3.70. The molecule has 5 heteroatoms. The Balaban J connectivity index is 1.86. The van der Waals surface area contributed by atoms with Crippen LogP contribution >= 0.6 is 0 Å². The van der Waals surface area contributed by atoms with Gasteiger partial charge in [-0.1, -0.05) is 6.07 Å². The predicted molar refractivity (Wildman–Crippen MR) is 78.6 cm³/mol. The van der Waals surface area contributed by atoms with Gasteiger partial charge in [0.15, 0.2) is 6.04 Å². The number of anilines is 1. The van der Waals surface area contributed by atoms with Crippen molar-refractivity contribution in [2.45, 2.75) is 32.9 Å². The number of quaternary nitrogens is 1. The normalized spacial score (nSPS) is 18.1. The number of hydrogen-bond acceptors (Lipinski definition) is 2. The molecule has 0 unspecified atom stereocenters. The summed E-state index contributed by atoms with van der Waals surface area (Å²) in [5.74, 6) is 1.32. The second-order valence-electron chi connectivity index (χ2n) is 5.78. The van der Waals surface area contributed by atoms with Crippen molar-refractivity contribution in [3.8, 4) is 0 Å². The Morgan fingerprint density at radius 2 is 2.00 bits per heavy atom. The molecule has 3 N–H and O–H groups in total. The predicted octanol–water partition coefficient (Wildman–Crippen LogP) is -0.881. The van der Waals surface area contributed by atoms with Gasteiger partial charge < -0.3 is 10.2 Å². The number of aromatic amines is 1. The summed E-state index contributed by atoms with van der Waals surface area (Å²) in [4.78, 5) is 19.0. The van der Waals surface area contributed by atoms with Gasteiger partial charge in [-0.15, -0.1) is 0 Å². The fraction of sp³-hybridized carbons (Fsp3) is 0.600. The molecule has 1 saturated heterocycles. The molecule has 0 saturated carbocycles. The van der Waals surface area contributed by atoms with Gasteiger partial charge in [-0.3, -0.25) is 9.69 Å². The lowest BCUT2D eigenvalue weighted by Crippen LogP contribution is -3.19. The van der Waals surface area contributed by atoms with Crippen LogP contribution in [0.15, 0.2) is 24.4 Å². The fourth-order valence-corrected chi connectivity index (χ4v) is 2.64. The zero-order valence-corrected chi connectivity index (χ0v) is 12.6. The Morgan fingerprint density at radius 1 is 1.30 bits per heavy atom. The van der Waals surface area contributed by atoms with E-state index in [9.17, 15) is 4.79 Å². The molecule has 0 aliphatic carbocycles. The van der Waals surface area contributed by atoms with E-state index < -0.39 is 0 Å². The van der Waals surface area contributed by atoms with Gasteiger partial charge in [-0.2, -0.15) is 0 Å². The average Bonchev–Trinajstić information content (AvgIpc) is 2.47. The second-order valence-corrected chi connectivity index (χ2v) is 5.78. The monoisotopic (exact) mass is 278 g/mol. The molecule has 1 atom stereocenters. The van der Waals surface area contributed by atoms with Gasteiger partial charge in [0.2, 0.25) is 0 Å². The summed E-state index contributed by atoms with van der Waals surface area (Å²) in [6.45, 7) is 9.98. The van der Waals surface area contributed by atoms with E-state index in [1.54, 1.807) is 0 Å². The van der Waals surface area contributed by atoms with Crippen molar-refractivity contribution >= 4 is 11.7 Å². The Kier molecular flexibility index (Phi) is 4.95.